The van der Waals surface area contributed by atoms with Crippen molar-refractivity contribution in [3.63, 3.8) is 0 Å². The Morgan fingerprint density at radius 1 is 1.33 bits per heavy atom. The van der Waals surface area contributed by atoms with Crippen LogP contribution in [0.3, 0.4) is 0 Å². The quantitative estimate of drug-likeness (QED) is 0.605. The first kappa shape index (κ1) is 16.1. The largest absolute Gasteiger partial charge is 0.493 e. The third-order valence-electron chi connectivity index (χ3n) is 2.55. The third-order valence-corrected chi connectivity index (χ3v) is 2.55. The van der Waals surface area contributed by atoms with E-state index < -0.39 is 0 Å². The number of carbonyl (C=O) groups is 1. The van der Waals surface area contributed by atoms with Crippen LogP contribution in [0.4, 0.5) is 0 Å². The van der Waals surface area contributed by atoms with E-state index in [-0.39, 0.29) is 18.1 Å². The summed E-state index contributed by atoms with van der Waals surface area (Å²) in [5.41, 5.74) is 0.649. The fraction of sp³-hybridized carbons (Fsp3) is 0.267. The predicted octanol–water partition coefficient (Wildman–Crippen LogP) is 1.59. The van der Waals surface area contributed by atoms with Gasteiger partial charge in [-0.05, 0) is 23.8 Å². The van der Waals surface area contributed by atoms with Gasteiger partial charge in [-0.2, -0.15) is 10.5 Å². The lowest BCUT2D eigenvalue weighted by Crippen LogP contribution is -2.22. The average Bonchev–Trinajstić information content (AvgIpc) is 2.50. The molecule has 0 saturated heterocycles. The van der Waals surface area contributed by atoms with Crippen LogP contribution in [-0.4, -0.2) is 38.6 Å². The number of hydrogen-bond donors (Lipinski definition) is 0. The molecule has 0 fully saturated rings. The topological polar surface area (TPSA) is 86.3 Å². The molecule has 6 heteroatoms. The molecule has 0 saturated carbocycles. The second kappa shape index (κ2) is 7.56. The van der Waals surface area contributed by atoms with Crippen molar-refractivity contribution >= 4 is 12.0 Å². The third kappa shape index (κ3) is 4.26. The number of amides is 1. The number of methoxy groups -OCH3 is 1. The van der Waals surface area contributed by atoms with Crippen LogP contribution in [-0.2, 0) is 4.79 Å². The first-order chi connectivity index (χ1) is 10.0. The van der Waals surface area contributed by atoms with Crippen LogP contribution in [0.1, 0.15) is 5.56 Å². The number of nitrogens with zero attached hydrogens (tertiary/aromatic N) is 3. The van der Waals surface area contributed by atoms with Gasteiger partial charge in [0.05, 0.1) is 7.11 Å². The molecule has 0 N–H and O–H groups in total. The lowest BCUT2D eigenvalue weighted by atomic mass is 10.1. The van der Waals surface area contributed by atoms with Gasteiger partial charge in [-0.1, -0.05) is 6.07 Å². The molecule has 6 nitrogen and oxygen atoms in total. The SMILES string of the molecule is COc1cc(/C=C(/C#N)C(=O)N(C)C)ccc1OCC#N. The lowest BCUT2D eigenvalue weighted by molar-refractivity contribution is -0.124. The normalized spacial score (nSPS) is 10.2. The maximum absolute atomic E-state index is 11.8. The Morgan fingerprint density at radius 2 is 2.05 bits per heavy atom. The van der Waals surface area contributed by atoms with Crippen molar-refractivity contribution in [1.82, 2.24) is 4.90 Å². The molecule has 0 radical (unpaired) electrons. The standard InChI is InChI=1S/C15H15N3O3/c1-18(2)15(19)12(10-17)8-11-4-5-13(21-7-6-16)14(9-11)20-3/h4-5,8-9H,7H2,1-3H3/b12-8-. The summed E-state index contributed by atoms with van der Waals surface area (Å²) in [6, 6.07) is 8.67. The van der Waals surface area contributed by atoms with Gasteiger partial charge in [0, 0.05) is 14.1 Å². The van der Waals surface area contributed by atoms with Crippen molar-refractivity contribution in [3.8, 4) is 23.6 Å². The van der Waals surface area contributed by atoms with Crippen LogP contribution in [0.25, 0.3) is 6.08 Å². The molecule has 1 rings (SSSR count). The Balaban J connectivity index is 3.12. The van der Waals surface area contributed by atoms with Gasteiger partial charge in [-0.25, -0.2) is 0 Å². The summed E-state index contributed by atoms with van der Waals surface area (Å²) in [5, 5.41) is 17.6. The fourth-order valence-electron chi connectivity index (χ4n) is 1.55. The highest BCUT2D eigenvalue weighted by atomic mass is 16.5. The van der Waals surface area contributed by atoms with Crippen LogP contribution >= 0.6 is 0 Å². The van der Waals surface area contributed by atoms with Crippen molar-refractivity contribution in [2.75, 3.05) is 27.8 Å². The molecule has 108 valence electrons. The molecular weight excluding hydrogens is 270 g/mol. The van der Waals surface area contributed by atoms with E-state index in [4.69, 9.17) is 20.0 Å². The van der Waals surface area contributed by atoms with E-state index in [2.05, 4.69) is 0 Å². The highest BCUT2D eigenvalue weighted by Crippen LogP contribution is 2.28. The van der Waals surface area contributed by atoms with Gasteiger partial charge < -0.3 is 14.4 Å². The highest BCUT2D eigenvalue weighted by Gasteiger charge is 2.12. The number of benzene rings is 1. The maximum atomic E-state index is 11.8. The molecule has 0 bridgehead atoms. The molecule has 1 amide bonds. The van der Waals surface area contributed by atoms with Crippen LogP contribution in [0.2, 0.25) is 0 Å². The van der Waals surface area contributed by atoms with Crippen molar-refractivity contribution in [2.45, 2.75) is 0 Å². The van der Waals surface area contributed by atoms with Crippen LogP contribution in [0.5, 0.6) is 11.5 Å². The molecule has 0 aromatic heterocycles. The van der Waals surface area contributed by atoms with E-state index in [1.807, 2.05) is 12.1 Å². The lowest BCUT2D eigenvalue weighted by Gasteiger charge is -2.10. The van der Waals surface area contributed by atoms with Crippen molar-refractivity contribution in [2.24, 2.45) is 0 Å². The van der Waals surface area contributed by atoms with Gasteiger partial charge in [0.15, 0.2) is 18.1 Å². The minimum absolute atomic E-state index is 0.0211. The minimum Gasteiger partial charge on any atom is -0.493 e. The smallest absolute Gasteiger partial charge is 0.264 e. The van der Waals surface area contributed by atoms with Crippen LogP contribution in [0.15, 0.2) is 23.8 Å². The Kier molecular flexibility index (Phi) is 5.79. The van der Waals surface area contributed by atoms with Gasteiger partial charge in [0.25, 0.3) is 5.91 Å². The Bertz CT molecular complexity index is 637. The number of nitriles is 2. The number of carbonyl (C=O) groups excluding carboxylic acids is 1. The zero-order valence-electron chi connectivity index (χ0n) is 12.1. The fourth-order valence-corrected chi connectivity index (χ4v) is 1.55. The van der Waals surface area contributed by atoms with Gasteiger partial charge in [0.2, 0.25) is 0 Å². The van der Waals surface area contributed by atoms with Gasteiger partial charge in [-0.3, -0.25) is 4.79 Å². The van der Waals surface area contributed by atoms with Crippen LogP contribution in [0, 0.1) is 22.7 Å². The van der Waals surface area contributed by atoms with E-state index in [0.717, 1.165) is 0 Å². The van der Waals surface area contributed by atoms with Crippen molar-refractivity contribution in [3.05, 3.63) is 29.3 Å². The van der Waals surface area contributed by atoms with Gasteiger partial charge in [-0.15, -0.1) is 0 Å². The summed E-state index contributed by atoms with van der Waals surface area (Å²) in [6.45, 7) is -0.0892. The van der Waals surface area contributed by atoms with E-state index in [9.17, 15) is 4.79 Å². The summed E-state index contributed by atoms with van der Waals surface area (Å²) >= 11 is 0. The van der Waals surface area contributed by atoms with E-state index in [1.54, 1.807) is 32.3 Å². The zero-order chi connectivity index (χ0) is 15.8. The Labute approximate surface area is 123 Å². The first-order valence-corrected chi connectivity index (χ1v) is 6.04. The number of hydrogen-bond acceptors (Lipinski definition) is 5. The second-order valence-corrected chi connectivity index (χ2v) is 4.23. The van der Waals surface area contributed by atoms with Crippen molar-refractivity contribution < 1.29 is 14.3 Å². The molecule has 0 spiro atoms. The summed E-state index contributed by atoms with van der Waals surface area (Å²) in [4.78, 5) is 13.1. The second-order valence-electron chi connectivity index (χ2n) is 4.23. The maximum Gasteiger partial charge on any atom is 0.264 e. The molecule has 0 heterocycles. The number of ether oxygens (including phenoxy) is 2. The van der Waals surface area contributed by atoms with Gasteiger partial charge in [0.1, 0.15) is 17.7 Å². The molecular formula is C15H15N3O3. The number of rotatable bonds is 5. The zero-order valence-corrected chi connectivity index (χ0v) is 12.1. The molecule has 0 unspecified atom stereocenters. The molecule has 0 aliphatic carbocycles. The average molecular weight is 285 g/mol. The minimum atomic E-state index is -0.374. The van der Waals surface area contributed by atoms with Gasteiger partial charge >= 0.3 is 0 Å². The monoisotopic (exact) mass is 285 g/mol. The molecule has 1 aromatic carbocycles. The number of likely N-dealkylation sites (N-methyl/N-ethyl adjacent to an activating group) is 1. The van der Waals surface area contributed by atoms with E-state index >= 15 is 0 Å². The molecule has 0 aliphatic heterocycles. The molecule has 0 atom stereocenters. The van der Waals surface area contributed by atoms with E-state index in [0.29, 0.717) is 17.1 Å². The highest BCUT2D eigenvalue weighted by molar-refractivity contribution is 6.01. The molecule has 21 heavy (non-hydrogen) atoms. The Hall–Kier alpha value is -2.99. The summed E-state index contributed by atoms with van der Waals surface area (Å²) in [7, 11) is 4.62. The van der Waals surface area contributed by atoms with E-state index in [1.165, 1.54) is 18.1 Å². The van der Waals surface area contributed by atoms with Crippen molar-refractivity contribution in [1.29, 1.82) is 10.5 Å². The summed E-state index contributed by atoms with van der Waals surface area (Å²) in [6.07, 6.45) is 1.47. The Morgan fingerprint density at radius 3 is 2.57 bits per heavy atom. The molecule has 1 aromatic rings. The predicted molar refractivity (Wildman–Crippen MR) is 76.4 cm³/mol. The van der Waals surface area contributed by atoms with Crippen LogP contribution < -0.4 is 9.47 Å². The first-order valence-electron chi connectivity index (χ1n) is 6.04. The molecule has 0 aliphatic rings. The summed E-state index contributed by atoms with van der Waals surface area (Å²) in [5.74, 6) is 0.475. The summed E-state index contributed by atoms with van der Waals surface area (Å²) < 4.78 is 10.4.